The van der Waals surface area contributed by atoms with Crippen molar-refractivity contribution < 1.29 is 9.53 Å². The lowest BCUT2D eigenvalue weighted by Gasteiger charge is -2.07. The van der Waals surface area contributed by atoms with E-state index >= 15 is 0 Å². The highest BCUT2D eigenvalue weighted by atomic mass is 35.5. The van der Waals surface area contributed by atoms with Crippen molar-refractivity contribution >= 4 is 17.4 Å². The minimum atomic E-state index is 0.0471. The number of benzene rings is 2. The van der Waals surface area contributed by atoms with E-state index in [1.54, 1.807) is 7.11 Å². The van der Waals surface area contributed by atoms with Gasteiger partial charge in [0.15, 0.2) is 5.78 Å². The number of alkyl halides is 1. The Balaban J connectivity index is 2.30. The molecule has 0 bridgehead atoms. The Labute approximate surface area is 110 Å². The fraction of sp³-hybridized carbons (Fsp3) is 0.133. The van der Waals surface area contributed by atoms with Crippen LogP contribution in [0.2, 0.25) is 0 Å². The number of ketones is 1. The fourth-order valence-electron chi connectivity index (χ4n) is 2.39. The van der Waals surface area contributed by atoms with Crippen molar-refractivity contribution in [2.45, 2.75) is 5.88 Å². The van der Waals surface area contributed by atoms with E-state index in [0.29, 0.717) is 17.0 Å². The van der Waals surface area contributed by atoms with Crippen LogP contribution >= 0.6 is 11.6 Å². The molecule has 0 saturated carbocycles. The van der Waals surface area contributed by atoms with Gasteiger partial charge >= 0.3 is 0 Å². The van der Waals surface area contributed by atoms with E-state index in [4.69, 9.17) is 16.3 Å². The minimum Gasteiger partial charge on any atom is -0.496 e. The first-order valence-corrected chi connectivity index (χ1v) is 6.20. The molecule has 90 valence electrons. The van der Waals surface area contributed by atoms with Crippen molar-refractivity contribution in [3.8, 4) is 16.9 Å². The summed E-state index contributed by atoms with van der Waals surface area (Å²) in [6.07, 6.45) is 0. The van der Waals surface area contributed by atoms with E-state index in [1.165, 1.54) is 0 Å². The van der Waals surface area contributed by atoms with Crippen LogP contribution in [0.4, 0.5) is 0 Å². The average Bonchev–Trinajstić information content (AvgIpc) is 2.72. The van der Waals surface area contributed by atoms with Gasteiger partial charge in [-0.2, -0.15) is 0 Å². The maximum atomic E-state index is 12.3. The molecule has 0 saturated heterocycles. The van der Waals surface area contributed by atoms with E-state index in [1.807, 2.05) is 36.4 Å². The molecule has 2 nitrogen and oxygen atoms in total. The van der Waals surface area contributed by atoms with E-state index in [2.05, 4.69) is 0 Å². The van der Waals surface area contributed by atoms with Crippen molar-refractivity contribution in [1.82, 2.24) is 0 Å². The van der Waals surface area contributed by atoms with Crippen molar-refractivity contribution in [2.75, 3.05) is 7.11 Å². The van der Waals surface area contributed by atoms with Gasteiger partial charge < -0.3 is 4.74 Å². The number of carbonyl (C=O) groups excluding carboxylic acids is 1. The molecule has 1 aliphatic rings. The Kier molecular flexibility index (Phi) is 2.60. The molecule has 0 aromatic heterocycles. The number of hydrogen-bond donors (Lipinski definition) is 0. The zero-order valence-electron chi connectivity index (χ0n) is 9.87. The third kappa shape index (κ3) is 1.46. The molecular weight excluding hydrogens is 248 g/mol. The van der Waals surface area contributed by atoms with Crippen LogP contribution in [0, 0.1) is 0 Å². The second kappa shape index (κ2) is 4.14. The molecule has 0 spiro atoms. The van der Waals surface area contributed by atoms with E-state index in [9.17, 15) is 4.79 Å². The monoisotopic (exact) mass is 258 g/mol. The van der Waals surface area contributed by atoms with Crippen LogP contribution in [0.25, 0.3) is 11.1 Å². The summed E-state index contributed by atoms with van der Waals surface area (Å²) in [5.74, 6) is 1.19. The highest BCUT2D eigenvalue weighted by Gasteiger charge is 2.29. The van der Waals surface area contributed by atoms with Crippen LogP contribution in [0.1, 0.15) is 21.5 Å². The van der Waals surface area contributed by atoms with Gasteiger partial charge in [0.25, 0.3) is 0 Å². The molecular formula is C15H11ClO2. The number of rotatable bonds is 2. The summed E-state index contributed by atoms with van der Waals surface area (Å²) in [6, 6.07) is 11.3. The largest absolute Gasteiger partial charge is 0.496 e. The van der Waals surface area contributed by atoms with Crippen LogP contribution in [-0.2, 0) is 5.88 Å². The van der Waals surface area contributed by atoms with Crippen molar-refractivity contribution in [1.29, 1.82) is 0 Å². The Morgan fingerprint density at radius 2 is 1.94 bits per heavy atom. The molecule has 3 heteroatoms. The van der Waals surface area contributed by atoms with Crippen molar-refractivity contribution in [3.63, 3.8) is 0 Å². The fourth-order valence-corrected chi connectivity index (χ4v) is 2.56. The van der Waals surface area contributed by atoms with Gasteiger partial charge in [0.05, 0.1) is 7.11 Å². The van der Waals surface area contributed by atoms with Crippen LogP contribution in [0.15, 0.2) is 36.4 Å². The molecule has 18 heavy (non-hydrogen) atoms. The lowest BCUT2D eigenvalue weighted by Crippen LogP contribution is -1.95. The first kappa shape index (κ1) is 11.3. The van der Waals surface area contributed by atoms with Gasteiger partial charge in [-0.3, -0.25) is 4.79 Å². The lowest BCUT2D eigenvalue weighted by molar-refractivity contribution is 0.104. The summed E-state index contributed by atoms with van der Waals surface area (Å²) in [6.45, 7) is 0. The van der Waals surface area contributed by atoms with Gasteiger partial charge in [0, 0.05) is 22.6 Å². The lowest BCUT2D eigenvalue weighted by atomic mass is 10.0. The first-order valence-electron chi connectivity index (χ1n) is 5.67. The standard InChI is InChI=1S/C15H11ClO2/c1-18-13-4-2-3-11-14(13)10-6-5-9(8-16)7-12(10)15(11)17/h2-7H,8H2,1H3. The van der Waals surface area contributed by atoms with E-state index in [0.717, 1.165) is 22.4 Å². The third-order valence-corrected chi connectivity index (χ3v) is 3.55. The highest BCUT2D eigenvalue weighted by molar-refractivity contribution is 6.23. The summed E-state index contributed by atoms with van der Waals surface area (Å²) in [7, 11) is 1.62. The molecule has 2 aromatic rings. The second-order valence-corrected chi connectivity index (χ2v) is 4.49. The van der Waals surface area contributed by atoms with Crippen LogP contribution in [-0.4, -0.2) is 12.9 Å². The molecule has 0 amide bonds. The van der Waals surface area contributed by atoms with Gasteiger partial charge in [-0.25, -0.2) is 0 Å². The molecule has 0 atom stereocenters. The Bertz CT molecular complexity index is 647. The topological polar surface area (TPSA) is 26.3 Å². The molecule has 0 unspecified atom stereocenters. The Hall–Kier alpha value is -1.80. The molecule has 0 heterocycles. The van der Waals surface area contributed by atoms with Crippen LogP contribution < -0.4 is 4.74 Å². The highest BCUT2D eigenvalue weighted by Crippen LogP contribution is 2.42. The molecule has 0 aliphatic heterocycles. The minimum absolute atomic E-state index is 0.0471. The molecule has 0 N–H and O–H groups in total. The number of carbonyl (C=O) groups is 1. The zero-order valence-corrected chi connectivity index (χ0v) is 10.6. The van der Waals surface area contributed by atoms with Gasteiger partial charge in [-0.15, -0.1) is 11.6 Å². The predicted molar refractivity (Wildman–Crippen MR) is 71.4 cm³/mol. The average molecular weight is 259 g/mol. The number of methoxy groups -OCH3 is 1. The van der Waals surface area contributed by atoms with Crippen LogP contribution in [0.3, 0.4) is 0 Å². The summed E-state index contributed by atoms with van der Waals surface area (Å²) in [5, 5.41) is 0. The second-order valence-electron chi connectivity index (χ2n) is 4.23. The summed E-state index contributed by atoms with van der Waals surface area (Å²) >= 11 is 5.81. The van der Waals surface area contributed by atoms with E-state index < -0.39 is 0 Å². The van der Waals surface area contributed by atoms with E-state index in [-0.39, 0.29) is 5.78 Å². The maximum Gasteiger partial charge on any atom is 0.194 e. The van der Waals surface area contributed by atoms with Crippen molar-refractivity contribution in [2.24, 2.45) is 0 Å². The van der Waals surface area contributed by atoms with Crippen LogP contribution in [0.5, 0.6) is 5.75 Å². The third-order valence-electron chi connectivity index (χ3n) is 3.24. The molecule has 0 fully saturated rings. The molecule has 1 aliphatic carbocycles. The Morgan fingerprint density at radius 1 is 1.11 bits per heavy atom. The quantitative estimate of drug-likeness (QED) is 0.656. The normalized spacial score (nSPS) is 12.2. The molecule has 3 rings (SSSR count). The summed E-state index contributed by atoms with van der Waals surface area (Å²) in [5.41, 5.74) is 4.20. The number of halogens is 1. The van der Waals surface area contributed by atoms with Gasteiger partial charge in [0.2, 0.25) is 0 Å². The summed E-state index contributed by atoms with van der Waals surface area (Å²) in [4.78, 5) is 12.3. The van der Waals surface area contributed by atoms with Gasteiger partial charge in [-0.1, -0.05) is 24.3 Å². The SMILES string of the molecule is COc1cccc2c1-c1ccc(CCl)cc1C2=O. The summed E-state index contributed by atoms with van der Waals surface area (Å²) < 4.78 is 5.34. The van der Waals surface area contributed by atoms with Crippen molar-refractivity contribution in [3.05, 3.63) is 53.1 Å². The molecule has 2 aromatic carbocycles. The smallest absolute Gasteiger partial charge is 0.194 e. The number of fused-ring (bicyclic) bond motifs is 3. The van der Waals surface area contributed by atoms with Gasteiger partial charge in [-0.05, 0) is 23.3 Å². The predicted octanol–water partition coefficient (Wildman–Crippen LogP) is 3.65. The van der Waals surface area contributed by atoms with Gasteiger partial charge in [0.1, 0.15) is 5.75 Å². The molecule has 0 radical (unpaired) electrons. The Morgan fingerprint density at radius 3 is 2.67 bits per heavy atom. The first-order chi connectivity index (χ1) is 8.76. The maximum absolute atomic E-state index is 12.3. The number of ether oxygens (including phenoxy) is 1. The number of hydrogen-bond acceptors (Lipinski definition) is 2. The zero-order chi connectivity index (χ0) is 12.7.